The lowest BCUT2D eigenvalue weighted by atomic mass is 9.80. The number of hydrogen-bond donors (Lipinski definition) is 1. The van der Waals surface area contributed by atoms with Gasteiger partial charge < -0.3 is 10.0 Å². The SMILES string of the molecule is CC1(C)CC(CC(=O)O)CCN1c1ccc(Br)cc1. The summed E-state index contributed by atoms with van der Waals surface area (Å²) in [6.45, 7) is 5.32. The molecule has 2 rings (SSSR count). The Morgan fingerprint density at radius 2 is 2.05 bits per heavy atom. The summed E-state index contributed by atoms with van der Waals surface area (Å²) in [7, 11) is 0. The van der Waals surface area contributed by atoms with Crippen LogP contribution in [0.2, 0.25) is 0 Å². The summed E-state index contributed by atoms with van der Waals surface area (Å²) in [5.74, 6) is -0.392. The molecule has 0 amide bonds. The largest absolute Gasteiger partial charge is 0.481 e. The molecule has 1 aromatic carbocycles. The van der Waals surface area contributed by atoms with Crippen molar-refractivity contribution in [3.05, 3.63) is 28.7 Å². The van der Waals surface area contributed by atoms with E-state index in [2.05, 4.69) is 58.9 Å². The van der Waals surface area contributed by atoms with Gasteiger partial charge in [-0.15, -0.1) is 0 Å². The highest BCUT2D eigenvalue weighted by Gasteiger charge is 2.35. The molecule has 1 atom stereocenters. The van der Waals surface area contributed by atoms with E-state index in [0.717, 1.165) is 23.9 Å². The Bertz CT molecular complexity index is 456. The van der Waals surface area contributed by atoms with E-state index in [0.29, 0.717) is 5.92 Å². The van der Waals surface area contributed by atoms with E-state index in [1.54, 1.807) is 0 Å². The number of carbonyl (C=O) groups is 1. The summed E-state index contributed by atoms with van der Waals surface area (Å²) in [6.07, 6.45) is 2.17. The highest BCUT2D eigenvalue weighted by atomic mass is 79.9. The number of carboxylic acid groups (broad SMARTS) is 1. The topological polar surface area (TPSA) is 40.5 Å². The van der Waals surface area contributed by atoms with Crippen molar-refractivity contribution in [1.82, 2.24) is 0 Å². The minimum absolute atomic E-state index is 0.00615. The molecule has 1 saturated heterocycles. The first kappa shape index (κ1) is 14.4. The van der Waals surface area contributed by atoms with Crippen LogP contribution >= 0.6 is 15.9 Å². The van der Waals surface area contributed by atoms with Gasteiger partial charge in [-0.3, -0.25) is 4.79 Å². The van der Waals surface area contributed by atoms with E-state index >= 15 is 0 Å². The molecule has 0 bridgehead atoms. The molecular formula is C15H20BrNO2. The van der Waals surface area contributed by atoms with Crippen molar-refractivity contribution in [3.63, 3.8) is 0 Å². The highest BCUT2D eigenvalue weighted by Crippen LogP contribution is 2.36. The maximum atomic E-state index is 10.8. The van der Waals surface area contributed by atoms with Crippen LogP contribution in [0, 0.1) is 5.92 Å². The summed E-state index contributed by atoms with van der Waals surface area (Å²) < 4.78 is 1.08. The van der Waals surface area contributed by atoms with Crippen LogP contribution in [0.4, 0.5) is 5.69 Å². The fourth-order valence-electron chi connectivity index (χ4n) is 3.05. The molecule has 1 N–H and O–H groups in total. The Kier molecular flexibility index (Phi) is 4.19. The van der Waals surface area contributed by atoms with Gasteiger partial charge in [-0.1, -0.05) is 15.9 Å². The van der Waals surface area contributed by atoms with Crippen LogP contribution in [0.5, 0.6) is 0 Å². The monoisotopic (exact) mass is 325 g/mol. The molecule has 0 aromatic heterocycles. The van der Waals surface area contributed by atoms with E-state index in [4.69, 9.17) is 5.11 Å². The molecule has 104 valence electrons. The molecule has 1 aromatic rings. The maximum Gasteiger partial charge on any atom is 0.303 e. The van der Waals surface area contributed by atoms with Crippen LogP contribution in [0.1, 0.15) is 33.1 Å². The molecule has 1 aliphatic heterocycles. The van der Waals surface area contributed by atoms with Gasteiger partial charge in [0.1, 0.15) is 0 Å². The van der Waals surface area contributed by atoms with Crippen LogP contribution in [-0.2, 0) is 4.79 Å². The lowest BCUT2D eigenvalue weighted by Gasteiger charge is -2.47. The predicted octanol–water partition coefficient (Wildman–Crippen LogP) is 3.92. The Balaban J connectivity index is 2.12. The normalized spacial score (nSPS) is 22.3. The molecule has 3 nitrogen and oxygen atoms in total. The lowest BCUT2D eigenvalue weighted by Crippen LogP contribution is -2.50. The molecule has 1 unspecified atom stereocenters. The van der Waals surface area contributed by atoms with E-state index in [9.17, 15) is 4.79 Å². The Morgan fingerprint density at radius 3 is 2.58 bits per heavy atom. The third-order valence-electron chi connectivity index (χ3n) is 3.88. The third-order valence-corrected chi connectivity index (χ3v) is 4.41. The molecule has 0 spiro atoms. The number of hydrogen-bond acceptors (Lipinski definition) is 2. The van der Waals surface area contributed by atoms with Crippen LogP contribution in [0.3, 0.4) is 0 Å². The number of nitrogens with zero attached hydrogens (tertiary/aromatic N) is 1. The summed E-state index contributed by atoms with van der Waals surface area (Å²) in [6, 6.07) is 8.33. The zero-order valence-corrected chi connectivity index (χ0v) is 13.0. The van der Waals surface area contributed by atoms with Crippen LogP contribution in [-0.4, -0.2) is 23.2 Å². The number of halogens is 1. The second-order valence-corrected chi connectivity index (χ2v) is 6.81. The van der Waals surface area contributed by atoms with Gasteiger partial charge in [0.25, 0.3) is 0 Å². The predicted molar refractivity (Wildman–Crippen MR) is 80.5 cm³/mol. The lowest BCUT2D eigenvalue weighted by molar-refractivity contribution is -0.138. The van der Waals surface area contributed by atoms with Crippen molar-refractivity contribution in [1.29, 1.82) is 0 Å². The molecule has 4 heteroatoms. The quantitative estimate of drug-likeness (QED) is 0.915. The van der Waals surface area contributed by atoms with Crippen LogP contribution in [0.15, 0.2) is 28.7 Å². The Morgan fingerprint density at radius 1 is 1.42 bits per heavy atom. The Labute approximate surface area is 122 Å². The summed E-state index contributed by atoms with van der Waals surface area (Å²) in [5.41, 5.74) is 1.22. The average Bonchev–Trinajstić information content (AvgIpc) is 2.29. The van der Waals surface area contributed by atoms with Crippen molar-refractivity contribution < 1.29 is 9.90 Å². The zero-order chi connectivity index (χ0) is 14.0. The summed E-state index contributed by atoms with van der Waals surface area (Å²) >= 11 is 3.45. The number of carboxylic acids is 1. The molecule has 0 radical (unpaired) electrons. The van der Waals surface area contributed by atoms with E-state index in [1.807, 2.05) is 0 Å². The van der Waals surface area contributed by atoms with Gasteiger partial charge in [-0.05, 0) is 56.9 Å². The first-order chi connectivity index (χ1) is 8.88. The average molecular weight is 326 g/mol. The van der Waals surface area contributed by atoms with Crippen molar-refractivity contribution in [2.24, 2.45) is 5.92 Å². The van der Waals surface area contributed by atoms with Gasteiger partial charge >= 0.3 is 5.97 Å². The van der Waals surface area contributed by atoms with Gasteiger partial charge in [0.2, 0.25) is 0 Å². The fraction of sp³-hybridized carbons (Fsp3) is 0.533. The van der Waals surface area contributed by atoms with Crippen molar-refractivity contribution in [2.45, 2.75) is 38.6 Å². The van der Waals surface area contributed by atoms with Gasteiger partial charge in [-0.25, -0.2) is 0 Å². The number of rotatable bonds is 3. The molecule has 1 heterocycles. The van der Waals surface area contributed by atoms with Crippen LogP contribution in [0.25, 0.3) is 0 Å². The van der Waals surface area contributed by atoms with Crippen molar-refractivity contribution in [3.8, 4) is 0 Å². The maximum absolute atomic E-state index is 10.8. The molecule has 19 heavy (non-hydrogen) atoms. The van der Waals surface area contributed by atoms with Crippen LogP contribution < -0.4 is 4.90 Å². The van der Waals surface area contributed by atoms with Gasteiger partial charge in [0.05, 0.1) is 0 Å². The van der Waals surface area contributed by atoms with Gasteiger partial charge in [-0.2, -0.15) is 0 Å². The Hall–Kier alpha value is -1.03. The second-order valence-electron chi connectivity index (χ2n) is 5.90. The second kappa shape index (κ2) is 5.53. The number of benzene rings is 1. The summed E-state index contributed by atoms with van der Waals surface area (Å²) in [5, 5.41) is 8.93. The molecule has 1 aliphatic rings. The molecule has 1 fully saturated rings. The summed E-state index contributed by atoms with van der Waals surface area (Å²) in [4.78, 5) is 13.2. The minimum Gasteiger partial charge on any atom is -0.481 e. The minimum atomic E-state index is -0.683. The van der Waals surface area contributed by atoms with Crippen molar-refractivity contribution >= 4 is 27.6 Å². The first-order valence-corrected chi connectivity index (χ1v) is 7.43. The molecule has 0 saturated carbocycles. The van der Waals surface area contributed by atoms with Crippen molar-refractivity contribution in [2.75, 3.05) is 11.4 Å². The standard InChI is InChI=1S/C15H20BrNO2/c1-15(2)10-11(9-14(18)19)7-8-17(15)13-5-3-12(16)4-6-13/h3-6,11H,7-10H2,1-2H3,(H,18,19). The first-order valence-electron chi connectivity index (χ1n) is 6.63. The van der Waals surface area contributed by atoms with E-state index in [1.165, 1.54) is 5.69 Å². The van der Waals surface area contributed by atoms with Gasteiger partial charge in [0, 0.05) is 28.7 Å². The molecule has 0 aliphatic carbocycles. The molecular weight excluding hydrogens is 306 g/mol. The number of anilines is 1. The smallest absolute Gasteiger partial charge is 0.303 e. The highest BCUT2D eigenvalue weighted by molar-refractivity contribution is 9.10. The number of piperidine rings is 1. The fourth-order valence-corrected chi connectivity index (χ4v) is 3.32. The third kappa shape index (κ3) is 3.50. The van der Waals surface area contributed by atoms with E-state index < -0.39 is 5.97 Å². The zero-order valence-electron chi connectivity index (χ0n) is 11.4. The van der Waals surface area contributed by atoms with E-state index in [-0.39, 0.29) is 12.0 Å². The number of aliphatic carboxylic acids is 1. The van der Waals surface area contributed by atoms with Gasteiger partial charge in [0.15, 0.2) is 0 Å².